The highest BCUT2D eigenvalue weighted by Gasteiger charge is 2.17. The zero-order chi connectivity index (χ0) is 18.4. The van der Waals surface area contributed by atoms with Gasteiger partial charge in [-0.3, -0.25) is 4.79 Å². The minimum Gasteiger partial charge on any atom is -0.494 e. The number of furan rings is 1. The van der Waals surface area contributed by atoms with Crippen LogP contribution in [0.3, 0.4) is 0 Å². The molecule has 3 rings (SSSR count). The molecule has 4 nitrogen and oxygen atoms in total. The Kier molecular flexibility index (Phi) is 6.07. The lowest BCUT2D eigenvalue weighted by Gasteiger charge is -2.21. The maximum absolute atomic E-state index is 13.8. The van der Waals surface area contributed by atoms with Gasteiger partial charge in [-0.15, -0.1) is 11.3 Å². The molecule has 0 saturated heterocycles. The number of carbonyl (C=O) groups excluding carboxylic acids is 1. The smallest absolute Gasteiger partial charge is 0.223 e. The molecule has 0 aliphatic rings. The second kappa shape index (κ2) is 8.67. The van der Waals surface area contributed by atoms with Gasteiger partial charge in [-0.05, 0) is 47.7 Å². The van der Waals surface area contributed by atoms with Gasteiger partial charge < -0.3 is 14.1 Å². The number of nitrogens with zero attached hydrogens (tertiary/aromatic N) is 1. The van der Waals surface area contributed by atoms with E-state index in [2.05, 4.69) is 0 Å². The van der Waals surface area contributed by atoms with E-state index in [-0.39, 0.29) is 11.7 Å². The first-order valence-corrected chi connectivity index (χ1v) is 9.18. The van der Waals surface area contributed by atoms with Crippen LogP contribution in [0.15, 0.2) is 58.5 Å². The molecule has 1 aromatic carbocycles. The van der Waals surface area contributed by atoms with Crippen molar-refractivity contribution < 1.29 is 18.3 Å². The number of amides is 1. The van der Waals surface area contributed by atoms with E-state index < -0.39 is 5.82 Å². The molecule has 136 valence electrons. The largest absolute Gasteiger partial charge is 0.494 e. The zero-order valence-corrected chi connectivity index (χ0v) is 15.3. The van der Waals surface area contributed by atoms with Gasteiger partial charge in [0.25, 0.3) is 0 Å². The first kappa shape index (κ1) is 18.2. The summed E-state index contributed by atoms with van der Waals surface area (Å²) in [5.41, 5.74) is 0.769. The maximum atomic E-state index is 13.8. The van der Waals surface area contributed by atoms with Gasteiger partial charge in [-0.1, -0.05) is 12.1 Å². The topological polar surface area (TPSA) is 42.7 Å². The summed E-state index contributed by atoms with van der Waals surface area (Å²) in [7, 11) is 1.43. The van der Waals surface area contributed by atoms with Gasteiger partial charge in [0.1, 0.15) is 5.76 Å². The average molecular weight is 373 g/mol. The predicted molar refractivity (Wildman–Crippen MR) is 98.6 cm³/mol. The van der Waals surface area contributed by atoms with Crippen LogP contribution in [0.4, 0.5) is 4.39 Å². The molecule has 2 heterocycles. The van der Waals surface area contributed by atoms with Crippen LogP contribution in [-0.2, 0) is 24.3 Å². The monoisotopic (exact) mass is 373 g/mol. The Labute approximate surface area is 155 Å². The Hall–Kier alpha value is -2.60. The summed E-state index contributed by atoms with van der Waals surface area (Å²) >= 11 is 1.61. The molecule has 2 aromatic heterocycles. The summed E-state index contributed by atoms with van der Waals surface area (Å²) in [6.07, 6.45) is 2.37. The van der Waals surface area contributed by atoms with Crippen molar-refractivity contribution in [3.8, 4) is 5.75 Å². The van der Waals surface area contributed by atoms with Crippen LogP contribution in [0.5, 0.6) is 5.75 Å². The summed E-state index contributed by atoms with van der Waals surface area (Å²) in [5.74, 6) is 0.539. The van der Waals surface area contributed by atoms with Crippen molar-refractivity contribution in [1.82, 2.24) is 4.90 Å². The molecule has 0 fully saturated rings. The molecule has 0 saturated carbocycles. The summed E-state index contributed by atoms with van der Waals surface area (Å²) in [6.45, 7) is 0.953. The normalized spacial score (nSPS) is 10.7. The van der Waals surface area contributed by atoms with Crippen molar-refractivity contribution in [2.45, 2.75) is 25.9 Å². The molecule has 0 spiro atoms. The van der Waals surface area contributed by atoms with Crippen molar-refractivity contribution >= 4 is 17.2 Å². The number of hydrogen-bond donors (Lipinski definition) is 0. The number of halogens is 1. The molecule has 26 heavy (non-hydrogen) atoms. The number of carbonyl (C=O) groups is 1. The SMILES string of the molecule is COc1ccc(CCC(=O)N(Cc2ccco2)Cc2cccs2)cc1F. The summed E-state index contributed by atoms with van der Waals surface area (Å²) in [5, 5.41) is 1.99. The molecule has 0 bridgehead atoms. The summed E-state index contributed by atoms with van der Waals surface area (Å²) in [6, 6.07) is 12.4. The van der Waals surface area contributed by atoms with Gasteiger partial charge in [-0.25, -0.2) is 4.39 Å². The third kappa shape index (κ3) is 4.73. The average Bonchev–Trinajstić information content (AvgIpc) is 3.33. The first-order valence-electron chi connectivity index (χ1n) is 8.30. The second-order valence-corrected chi connectivity index (χ2v) is 6.91. The van der Waals surface area contributed by atoms with Crippen molar-refractivity contribution in [3.63, 3.8) is 0 Å². The minimum atomic E-state index is -0.413. The fourth-order valence-electron chi connectivity index (χ4n) is 2.69. The Bertz CT molecular complexity index is 795. The number of aryl methyl sites for hydroxylation is 1. The van der Waals surface area contributed by atoms with Crippen LogP contribution in [0.2, 0.25) is 0 Å². The molecule has 0 atom stereocenters. The van der Waals surface area contributed by atoms with E-state index in [1.54, 1.807) is 34.6 Å². The lowest BCUT2D eigenvalue weighted by molar-refractivity contribution is -0.132. The van der Waals surface area contributed by atoms with E-state index in [9.17, 15) is 9.18 Å². The highest BCUT2D eigenvalue weighted by Crippen LogP contribution is 2.20. The summed E-state index contributed by atoms with van der Waals surface area (Å²) in [4.78, 5) is 15.6. The van der Waals surface area contributed by atoms with E-state index in [0.717, 1.165) is 16.2 Å². The van der Waals surface area contributed by atoms with Gasteiger partial charge in [0.05, 0.1) is 26.5 Å². The molecule has 6 heteroatoms. The van der Waals surface area contributed by atoms with Crippen LogP contribution >= 0.6 is 11.3 Å². The fraction of sp³-hybridized carbons (Fsp3) is 0.250. The third-order valence-corrected chi connectivity index (χ3v) is 4.91. The molecule has 3 aromatic rings. The number of hydrogen-bond acceptors (Lipinski definition) is 4. The molecule has 0 aliphatic heterocycles. The van der Waals surface area contributed by atoms with Crippen molar-refractivity contribution in [3.05, 3.63) is 76.1 Å². The van der Waals surface area contributed by atoms with E-state index in [1.165, 1.54) is 13.2 Å². The Balaban J connectivity index is 1.65. The molecular formula is C20H20FNO3S. The Morgan fingerprint density at radius 1 is 1.23 bits per heavy atom. The molecule has 0 radical (unpaired) electrons. The first-order chi connectivity index (χ1) is 12.7. The molecular weight excluding hydrogens is 353 g/mol. The van der Waals surface area contributed by atoms with Crippen molar-refractivity contribution in [2.24, 2.45) is 0 Å². The Morgan fingerprint density at radius 2 is 2.12 bits per heavy atom. The number of thiophene rings is 1. The second-order valence-electron chi connectivity index (χ2n) is 5.88. The van der Waals surface area contributed by atoms with Gasteiger partial charge in [0, 0.05) is 11.3 Å². The third-order valence-electron chi connectivity index (χ3n) is 4.05. The van der Waals surface area contributed by atoms with Gasteiger partial charge >= 0.3 is 0 Å². The lowest BCUT2D eigenvalue weighted by Crippen LogP contribution is -2.29. The van der Waals surface area contributed by atoms with E-state index >= 15 is 0 Å². The quantitative estimate of drug-likeness (QED) is 0.577. The van der Waals surface area contributed by atoms with E-state index in [0.29, 0.717) is 25.9 Å². The molecule has 0 N–H and O–H groups in total. The Morgan fingerprint density at radius 3 is 2.77 bits per heavy atom. The van der Waals surface area contributed by atoms with E-state index in [4.69, 9.17) is 9.15 Å². The number of methoxy groups -OCH3 is 1. The van der Waals surface area contributed by atoms with Gasteiger partial charge in [0.2, 0.25) is 5.91 Å². The highest BCUT2D eigenvalue weighted by molar-refractivity contribution is 7.09. The summed E-state index contributed by atoms with van der Waals surface area (Å²) < 4.78 is 24.1. The highest BCUT2D eigenvalue weighted by atomic mass is 32.1. The minimum absolute atomic E-state index is 0.00558. The maximum Gasteiger partial charge on any atom is 0.223 e. The molecule has 0 aliphatic carbocycles. The number of benzene rings is 1. The fourth-order valence-corrected chi connectivity index (χ4v) is 3.41. The van der Waals surface area contributed by atoms with Crippen molar-refractivity contribution in [2.75, 3.05) is 7.11 Å². The molecule has 0 unspecified atom stereocenters. The van der Waals surface area contributed by atoms with Crippen LogP contribution in [0, 0.1) is 5.82 Å². The van der Waals surface area contributed by atoms with Crippen molar-refractivity contribution in [1.29, 1.82) is 0 Å². The zero-order valence-electron chi connectivity index (χ0n) is 14.5. The van der Waals surface area contributed by atoms with Gasteiger partial charge in [0.15, 0.2) is 11.6 Å². The van der Waals surface area contributed by atoms with E-state index in [1.807, 2.05) is 29.6 Å². The molecule has 1 amide bonds. The van der Waals surface area contributed by atoms with Crippen LogP contribution in [0.25, 0.3) is 0 Å². The predicted octanol–water partition coefficient (Wildman–Crippen LogP) is 4.65. The van der Waals surface area contributed by atoms with Crippen LogP contribution in [-0.4, -0.2) is 17.9 Å². The van der Waals surface area contributed by atoms with Gasteiger partial charge in [-0.2, -0.15) is 0 Å². The number of ether oxygens (including phenoxy) is 1. The van der Waals surface area contributed by atoms with Crippen LogP contribution < -0.4 is 4.74 Å². The van der Waals surface area contributed by atoms with Crippen LogP contribution in [0.1, 0.15) is 22.6 Å². The lowest BCUT2D eigenvalue weighted by atomic mass is 10.1. The standard InChI is InChI=1S/C20H20FNO3S/c1-24-19-8-6-15(12-18(19)21)7-9-20(23)22(13-16-4-2-10-25-16)14-17-5-3-11-26-17/h2-6,8,10-12H,7,9,13-14H2,1H3. The number of rotatable bonds is 8.